The van der Waals surface area contributed by atoms with Crippen LogP contribution in [0.2, 0.25) is 0 Å². The van der Waals surface area contributed by atoms with Gasteiger partial charge in [-0.25, -0.2) is 13.8 Å². The first kappa shape index (κ1) is 15.0. The summed E-state index contributed by atoms with van der Waals surface area (Å²) in [5.74, 6) is 0.0682. The quantitative estimate of drug-likeness (QED) is 0.753. The maximum absolute atomic E-state index is 13.8. The van der Waals surface area contributed by atoms with Crippen molar-refractivity contribution in [3.05, 3.63) is 72.4 Å². The summed E-state index contributed by atoms with van der Waals surface area (Å²) in [6.07, 6.45) is 1.63. The van der Waals surface area contributed by atoms with E-state index in [0.29, 0.717) is 11.4 Å². The van der Waals surface area contributed by atoms with E-state index in [2.05, 4.69) is 10.3 Å². The van der Waals surface area contributed by atoms with Crippen molar-refractivity contribution in [2.75, 3.05) is 12.4 Å². The number of hydrogen-bond acceptors (Lipinski definition) is 3. The van der Waals surface area contributed by atoms with Gasteiger partial charge in [-0.3, -0.25) is 0 Å². The number of ether oxygens (including phenoxy) is 1. The average molecular weight is 312 g/mol. The molecule has 23 heavy (non-hydrogen) atoms. The largest absolute Gasteiger partial charge is 0.494 e. The molecule has 5 heteroatoms. The van der Waals surface area contributed by atoms with Crippen molar-refractivity contribution in [2.24, 2.45) is 0 Å². The van der Waals surface area contributed by atoms with Crippen molar-refractivity contribution in [1.29, 1.82) is 0 Å². The molecule has 3 nitrogen and oxygen atoms in total. The van der Waals surface area contributed by atoms with E-state index in [1.54, 1.807) is 42.6 Å². The first-order valence-electron chi connectivity index (χ1n) is 6.98. The summed E-state index contributed by atoms with van der Waals surface area (Å²) in [5, 5.41) is 3.08. The van der Waals surface area contributed by atoms with E-state index in [4.69, 9.17) is 4.74 Å². The average Bonchev–Trinajstić information content (AvgIpc) is 2.57. The normalized spacial score (nSPS) is 10.4. The lowest BCUT2D eigenvalue weighted by Gasteiger charge is -2.09. The van der Waals surface area contributed by atoms with Crippen molar-refractivity contribution >= 4 is 11.5 Å². The van der Waals surface area contributed by atoms with Gasteiger partial charge in [-0.1, -0.05) is 6.07 Å². The molecule has 0 saturated carbocycles. The third-order valence-corrected chi connectivity index (χ3v) is 3.36. The van der Waals surface area contributed by atoms with E-state index in [-0.39, 0.29) is 11.6 Å². The molecule has 0 atom stereocenters. The minimum absolute atomic E-state index is 0.201. The number of nitrogens with zero attached hydrogens (tertiary/aromatic N) is 1. The molecule has 1 aromatic heterocycles. The van der Waals surface area contributed by atoms with Crippen LogP contribution >= 0.6 is 0 Å². The Morgan fingerprint density at radius 1 is 0.913 bits per heavy atom. The number of nitrogens with one attached hydrogen (secondary N) is 1. The SMILES string of the molecule is COc1ccc(-c2ccnc(Nc3ccc(F)cc3)c2)cc1F. The van der Waals surface area contributed by atoms with Crippen LogP contribution in [0.25, 0.3) is 11.1 Å². The van der Waals surface area contributed by atoms with Gasteiger partial charge in [-0.2, -0.15) is 0 Å². The molecule has 0 fully saturated rings. The molecule has 0 unspecified atom stereocenters. The summed E-state index contributed by atoms with van der Waals surface area (Å²) in [6.45, 7) is 0. The van der Waals surface area contributed by atoms with Gasteiger partial charge in [0, 0.05) is 11.9 Å². The van der Waals surface area contributed by atoms with Crippen molar-refractivity contribution in [2.45, 2.75) is 0 Å². The van der Waals surface area contributed by atoms with Crippen LogP contribution in [0.3, 0.4) is 0 Å². The van der Waals surface area contributed by atoms with Crippen molar-refractivity contribution in [3.8, 4) is 16.9 Å². The Morgan fingerprint density at radius 2 is 1.65 bits per heavy atom. The first-order valence-corrected chi connectivity index (χ1v) is 6.98. The lowest BCUT2D eigenvalue weighted by atomic mass is 10.1. The first-order chi connectivity index (χ1) is 11.2. The number of halogens is 2. The zero-order valence-electron chi connectivity index (χ0n) is 12.4. The molecule has 3 rings (SSSR count). The Bertz CT molecular complexity index is 820. The van der Waals surface area contributed by atoms with Crippen LogP contribution in [-0.4, -0.2) is 12.1 Å². The second-order valence-corrected chi connectivity index (χ2v) is 4.91. The second kappa shape index (κ2) is 6.44. The Kier molecular flexibility index (Phi) is 4.19. The summed E-state index contributed by atoms with van der Waals surface area (Å²) in [4.78, 5) is 4.22. The number of hydrogen-bond donors (Lipinski definition) is 1. The molecule has 3 aromatic rings. The Hall–Kier alpha value is -2.95. The Labute approximate surface area is 132 Å². The molecule has 1 heterocycles. The summed E-state index contributed by atoms with van der Waals surface area (Å²) in [6, 6.07) is 14.3. The maximum Gasteiger partial charge on any atom is 0.165 e. The van der Waals surface area contributed by atoms with Crippen molar-refractivity contribution in [1.82, 2.24) is 4.98 Å². The zero-order chi connectivity index (χ0) is 16.2. The maximum atomic E-state index is 13.8. The molecule has 0 spiro atoms. The van der Waals surface area contributed by atoms with Gasteiger partial charge < -0.3 is 10.1 Å². The third-order valence-electron chi connectivity index (χ3n) is 3.36. The number of pyridine rings is 1. The lowest BCUT2D eigenvalue weighted by Crippen LogP contribution is -1.94. The van der Waals surface area contributed by atoms with Crippen LogP contribution < -0.4 is 10.1 Å². The van der Waals surface area contributed by atoms with E-state index in [1.165, 1.54) is 25.3 Å². The monoisotopic (exact) mass is 312 g/mol. The number of aromatic nitrogens is 1. The Balaban J connectivity index is 1.87. The molecule has 0 saturated heterocycles. The number of anilines is 2. The third kappa shape index (κ3) is 3.45. The van der Waals surface area contributed by atoms with Crippen molar-refractivity contribution < 1.29 is 13.5 Å². The van der Waals surface area contributed by atoms with E-state index in [0.717, 1.165) is 11.3 Å². The number of methoxy groups -OCH3 is 1. The van der Waals surface area contributed by atoms with Crippen LogP contribution in [0.15, 0.2) is 60.8 Å². The number of rotatable bonds is 4. The van der Waals surface area contributed by atoms with Crippen LogP contribution in [0.4, 0.5) is 20.3 Å². The van der Waals surface area contributed by atoms with Gasteiger partial charge in [0.2, 0.25) is 0 Å². The van der Waals surface area contributed by atoms with Gasteiger partial charge in [0.1, 0.15) is 11.6 Å². The van der Waals surface area contributed by atoms with Crippen molar-refractivity contribution in [3.63, 3.8) is 0 Å². The van der Waals surface area contributed by atoms with E-state index in [9.17, 15) is 8.78 Å². The van der Waals surface area contributed by atoms with Gasteiger partial charge in [0.05, 0.1) is 7.11 Å². The topological polar surface area (TPSA) is 34.1 Å². The molecule has 0 aliphatic carbocycles. The smallest absolute Gasteiger partial charge is 0.165 e. The van der Waals surface area contributed by atoms with Crippen LogP contribution in [0.1, 0.15) is 0 Å². The molecule has 0 aliphatic rings. The summed E-state index contributed by atoms with van der Waals surface area (Å²) < 4.78 is 31.7. The number of benzene rings is 2. The Morgan fingerprint density at radius 3 is 2.35 bits per heavy atom. The minimum Gasteiger partial charge on any atom is -0.494 e. The fourth-order valence-corrected chi connectivity index (χ4v) is 2.21. The molecule has 1 N–H and O–H groups in total. The van der Waals surface area contributed by atoms with Crippen LogP contribution in [0, 0.1) is 11.6 Å². The van der Waals surface area contributed by atoms with Gasteiger partial charge in [0.15, 0.2) is 11.6 Å². The molecular weight excluding hydrogens is 298 g/mol. The summed E-state index contributed by atoms with van der Waals surface area (Å²) in [7, 11) is 1.43. The second-order valence-electron chi connectivity index (χ2n) is 4.91. The van der Waals surface area contributed by atoms with E-state index in [1.807, 2.05) is 0 Å². The minimum atomic E-state index is -0.421. The van der Waals surface area contributed by atoms with Gasteiger partial charge in [-0.05, 0) is 59.7 Å². The molecule has 2 aromatic carbocycles. The van der Waals surface area contributed by atoms with E-state index >= 15 is 0 Å². The predicted octanol–water partition coefficient (Wildman–Crippen LogP) is 4.78. The van der Waals surface area contributed by atoms with Gasteiger partial charge in [-0.15, -0.1) is 0 Å². The molecule has 0 radical (unpaired) electrons. The van der Waals surface area contributed by atoms with Gasteiger partial charge in [0.25, 0.3) is 0 Å². The fraction of sp³-hybridized carbons (Fsp3) is 0.0556. The molecule has 116 valence electrons. The highest BCUT2D eigenvalue weighted by molar-refractivity contribution is 5.69. The molecular formula is C18H14F2N2O. The standard InChI is InChI=1S/C18H14F2N2O/c1-23-17-7-2-12(10-16(17)20)13-8-9-21-18(11-13)22-15-5-3-14(19)4-6-15/h2-11H,1H3,(H,21,22). The highest BCUT2D eigenvalue weighted by Gasteiger charge is 2.06. The molecule has 0 bridgehead atoms. The molecule has 0 aliphatic heterocycles. The van der Waals surface area contributed by atoms with Gasteiger partial charge >= 0.3 is 0 Å². The van der Waals surface area contributed by atoms with Crippen LogP contribution in [0.5, 0.6) is 5.75 Å². The summed E-state index contributed by atoms with van der Waals surface area (Å²) >= 11 is 0. The van der Waals surface area contributed by atoms with E-state index < -0.39 is 5.82 Å². The zero-order valence-corrected chi connectivity index (χ0v) is 12.4. The fourth-order valence-electron chi connectivity index (χ4n) is 2.21. The lowest BCUT2D eigenvalue weighted by molar-refractivity contribution is 0.386. The predicted molar refractivity (Wildman–Crippen MR) is 85.9 cm³/mol. The summed E-state index contributed by atoms with van der Waals surface area (Å²) in [5.41, 5.74) is 2.25. The highest BCUT2D eigenvalue weighted by Crippen LogP contribution is 2.27. The van der Waals surface area contributed by atoms with Crippen LogP contribution in [-0.2, 0) is 0 Å². The molecule has 0 amide bonds. The highest BCUT2D eigenvalue weighted by atomic mass is 19.1.